The van der Waals surface area contributed by atoms with Gasteiger partial charge in [0.15, 0.2) is 5.76 Å². The molecule has 9 heteroatoms. The first-order valence-electron chi connectivity index (χ1n) is 12.5. The second kappa shape index (κ2) is 10.3. The lowest BCUT2D eigenvalue weighted by atomic mass is 10.1. The predicted octanol–water partition coefficient (Wildman–Crippen LogP) is 6.49. The lowest BCUT2D eigenvalue weighted by Gasteiger charge is -2.11. The molecule has 6 aromatic rings. The van der Waals surface area contributed by atoms with Gasteiger partial charge in [0.2, 0.25) is 11.6 Å². The van der Waals surface area contributed by atoms with E-state index in [-0.39, 0.29) is 23.9 Å². The van der Waals surface area contributed by atoms with E-state index < -0.39 is 10.5 Å². The van der Waals surface area contributed by atoms with E-state index in [1.165, 1.54) is 12.3 Å². The minimum absolute atomic E-state index is 0.0461. The Morgan fingerprint density at radius 3 is 2.62 bits per heavy atom. The van der Waals surface area contributed by atoms with Gasteiger partial charge in [-0.3, -0.25) is 14.9 Å². The van der Waals surface area contributed by atoms with Crippen molar-refractivity contribution >= 4 is 33.8 Å². The molecule has 9 nitrogen and oxygen atoms in total. The monoisotopic (exact) mass is 530 g/mol. The summed E-state index contributed by atoms with van der Waals surface area (Å²) in [6.45, 7) is 2.08. The van der Waals surface area contributed by atoms with E-state index in [1.807, 2.05) is 55.5 Å². The quantitative estimate of drug-likeness (QED) is 0.132. The first-order chi connectivity index (χ1) is 19.5. The van der Waals surface area contributed by atoms with Crippen molar-refractivity contribution in [3.05, 3.63) is 134 Å². The Hall–Kier alpha value is -5.57. The number of aromatic nitrogens is 2. The number of furan rings is 1. The highest BCUT2D eigenvalue weighted by Crippen LogP contribution is 2.31. The standard InChI is InChI=1S/C31H22N4O5/c1-20-8-6-9-21(16-20)19-39-29-23(11-7-14-26(29)35(37)38)18-32-34-30(28-17-22-10-2-5-15-27(22)40-28)33-25-13-4-3-12-24(25)31(34)36/h2-18H,19H2,1H3. The Bertz CT molecular complexity index is 1960. The topological polar surface area (TPSA) is 113 Å². The van der Waals surface area contributed by atoms with Crippen molar-refractivity contribution in [2.75, 3.05) is 0 Å². The van der Waals surface area contributed by atoms with Crippen LogP contribution < -0.4 is 10.3 Å². The number of aryl methyl sites for hydroxylation is 1. The van der Waals surface area contributed by atoms with E-state index in [9.17, 15) is 14.9 Å². The highest BCUT2D eigenvalue weighted by molar-refractivity contribution is 5.87. The van der Waals surface area contributed by atoms with E-state index in [4.69, 9.17) is 9.15 Å². The van der Waals surface area contributed by atoms with Crippen LogP contribution in [-0.4, -0.2) is 20.8 Å². The van der Waals surface area contributed by atoms with E-state index in [2.05, 4.69) is 10.1 Å². The number of para-hydroxylation sites is 3. The first-order valence-corrected chi connectivity index (χ1v) is 12.5. The molecule has 0 amide bonds. The maximum atomic E-state index is 13.6. The van der Waals surface area contributed by atoms with Crippen molar-refractivity contribution < 1.29 is 14.1 Å². The average molecular weight is 531 g/mol. The van der Waals surface area contributed by atoms with Crippen LogP contribution in [0.15, 0.2) is 111 Å². The van der Waals surface area contributed by atoms with Crippen LogP contribution in [0.5, 0.6) is 5.75 Å². The molecule has 0 radical (unpaired) electrons. The summed E-state index contributed by atoms with van der Waals surface area (Å²) < 4.78 is 13.1. The summed E-state index contributed by atoms with van der Waals surface area (Å²) in [4.78, 5) is 29.6. The average Bonchev–Trinajstić information content (AvgIpc) is 3.40. The Morgan fingerprint density at radius 2 is 1.80 bits per heavy atom. The molecular weight excluding hydrogens is 508 g/mol. The number of nitro groups is 1. The fourth-order valence-corrected chi connectivity index (χ4v) is 4.50. The van der Waals surface area contributed by atoms with Crippen molar-refractivity contribution in [3.63, 3.8) is 0 Å². The second-order valence-corrected chi connectivity index (χ2v) is 9.19. The lowest BCUT2D eigenvalue weighted by Crippen LogP contribution is -2.20. The third-order valence-electron chi connectivity index (χ3n) is 6.40. The number of nitrogens with zero attached hydrogens (tertiary/aromatic N) is 4. The van der Waals surface area contributed by atoms with Gasteiger partial charge in [-0.1, -0.05) is 66.2 Å². The van der Waals surface area contributed by atoms with Gasteiger partial charge < -0.3 is 9.15 Å². The minimum atomic E-state index is -0.507. The Kier molecular flexibility index (Phi) is 6.37. The van der Waals surface area contributed by atoms with Gasteiger partial charge in [-0.15, -0.1) is 0 Å². The van der Waals surface area contributed by atoms with Crippen LogP contribution in [0.1, 0.15) is 16.7 Å². The van der Waals surface area contributed by atoms with Gasteiger partial charge in [-0.25, -0.2) is 4.98 Å². The third-order valence-corrected chi connectivity index (χ3v) is 6.40. The van der Waals surface area contributed by atoms with E-state index in [0.29, 0.717) is 27.8 Å². The molecule has 0 spiro atoms. The normalized spacial score (nSPS) is 11.4. The Morgan fingerprint density at radius 1 is 1.00 bits per heavy atom. The summed E-state index contributed by atoms with van der Waals surface area (Å²) in [6.07, 6.45) is 1.36. The highest BCUT2D eigenvalue weighted by atomic mass is 16.6. The third kappa shape index (κ3) is 4.71. The second-order valence-electron chi connectivity index (χ2n) is 9.19. The largest absolute Gasteiger partial charge is 0.481 e. The van der Waals surface area contributed by atoms with Gasteiger partial charge in [0.05, 0.1) is 22.0 Å². The van der Waals surface area contributed by atoms with Crippen LogP contribution >= 0.6 is 0 Å². The van der Waals surface area contributed by atoms with Crippen LogP contribution in [0.4, 0.5) is 5.69 Å². The molecule has 40 heavy (non-hydrogen) atoms. The van der Waals surface area contributed by atoms with Crippen LogP contribution in [0.2, 0.25) is 0 Å². The smallest absolute Gasteiger partial charge is 0.311 e. The van der Waals surface area contributed by atoms with Gasteiger partial charge in [0, 0.05) is 17.0 Å². The van der Waals surface area contributed by atoms with Gasteiger partial charge >= 0.3 is 5.69 Å². The molecular formula is C31H22N4O5. The van der Waals surface area contributed by atoms with Crippen molar-refractivity contribution in [1.29, 1.82) is 0 Å². The zero-order valence-corrected chi connectivity index (χ0v) is 21.4. The number of nitro benzene ring substituents is 1. The summed E-state index contributed by atoms with van der Waals surface area (Å²) in [5, 5.41) is 17.5. The summed E-state index contributed by atoms with van der Waals surface area (Å²) >= 11 is 0. The maximum absolute atomic E-state index is 13.6. The zero-order valence-electron chi connectivity index (χ0n) is 21.4. The molecule has 0 fully saturated rings. The molecule has 0 N–H and O–H groups in total. The maximum Gasteiger partial charge on any atom is 0.311 e. The highest BCUT2D eigenvalue weighted by Gasteiger charge is 2.20. The molecule has 0 aliphatic rings. The van der Waals surface area contributed by atoms with E-state index >= 15 is 0 Å². The number of rotatable bonds is 7. The lowest BCUT2D eigenvalue weighted by molar-refractivity contribution is -0.385. The van der Waals surface area contributed by atoms with Crippen molar-refractivity contribution in [2.24, 2.45) is 5.10 Å². The predicted molar refractivity (Wildman–Crippen MR) is 153 cm³/mol. The fourth-order valence-electron chi connectivity index (χ4n) is 4.50. The fraction of sp³-hybridized carbons (Fsp3) is 0.0645. The van der Waals surface area contributed by atoms with Crippen molar-refractivity contribution in [2.45, 2.75) is 13.5 Å². The first kappa shape index (κ1) is 24.7. The van der Waals surface area contributed by atoms with Crippen LogP contribution in [-0.2, 0) is 6.61 Å². The molecule has 0 bridgehead atoms. The number of hydrogen-bond donors (Lipinski definition) is 0. The molecule has 0 saturated heterocycles. The summed E-state index contributed by atoms with van der Waals surface area (Å²) in [5.41, 5.74) is 2.75. The molecule has 2 aromatic heterocycles. The van der Waals surface area contributed by atoms with E-state index in [1.54, 1.807) is 42.5 Å². The molecule has 0 atom stereocenters. The Labute approximate surface area is 227 Å². The van der Waals surface area contributed by atoms with E-state index in [0.717, 1.165) is 21.2 Å². The van der Waals surface area contributed by atoms with Crippen molar-refractivity contribution in [3.8, 4) is 17.3 Å². The number of hydrogen-bond acceptors (Lipinski definition) is 7. The SMILES string of the molecule is Cc1cccc(COc2c(C=Nn3c(-c4cc5ccccc5o4)nc4ccccc4c3=O)cccc2[N+](=O)[O-])c1. The molecule has 2 heterocycles. The molecule has 4 aromatic carbocycles. The number of fused-ring (bicyclic) bond motifs is 2. The van der Waals surface area contributed by atoms with Gasteiger partial charge in [0.25, 0.3) is 5.56 Å². The molecule has 0 unspecified atom stereocenters. The molecule has 0 aliphatic carbocycles. The van der Waals surface area contributed by atoms with Crippen molar-refractivity contribution in [1.82, 2.24) is 9.66 Å². The Balaban J connectivity index is 1.47. The zero-order chi connectivity index (χ0) is 27.6. The number of ether oxygens (including phenoxy) is 1. The number of benzene rings is 4. The van der Waals surface area contributed by atoms with Gasteiger partial charge in [-0.05, 0) is 42.8 Å². The molecule has 0 saturated carbocycles. The summed E-state index contributed by atoms with van der Waals surface area (Å²) in [7, 11) is 0. The molecule has 196 valence electrons. The summed E-state index contributed by atoms with van der Waals surface area (Å²) in [5.74, 6) is 0.602. The van der Waals surface area contributed by atoms with Crippen LogP contribution in [0.25, 0.3) is 33.5 Å². The molecule has 6 rings (SSSR count). The summed E-state index contributed by atoms with van der Waals surface area (Å²) in [6, 6.07) is 28.5. The van der Waals surface area contributed by atoms with Gasteiger partial charge in [-0.2, -0.15) is 9.78 Å². The molecule has 0 aliphatic heterocycles. The van der Waals surface area contributed by atoms with Gasteiger partial charge in [0.1, 0.15) is 12.2 Å². The minimum Gasteiger partial charge on any atom is -0.481 e. The van der Waals surface area contributed by atoms with Crippen LogP contribution in [0, 0.1) is 17.0 Å². The van der Waals surface area contributed by atoms with Crippen LogP contribution in [0.3, 0.4) is 0 Å².